The molecule has 0 saturated carbocycles. The van der Waals surface area contributed by atoms with Crippen LogP contribution in [0.25, 0.3) is 0 Å². The molecule has 0 aliphatic carbocycles. The van der Waals surface area contributed by atoms with Gasteiger partial charge in [-0.2, -0.15) is 0 Å². The van der Waals surface area contributed by atoms with Gasteiger partial charge >= 0.3 is 0 Å². The van der Waals surface area contributed by atoms with Gasteiger partial charge < -0.3 is 15.5 Å². The van der Waals surface area contributed by atoms with E-state index in [1.54, 1.807) is 0 Å². The fourth-order valence-corrected chi connectivity index (χ4v) is 1.10. The largest absolute Gasteiger partial charge is 0.396 e. The van der Waals surface area contributed by atoms with E-state index < -0.39 is 0 Å². The molecule has 3 heteroatoms. The second-order valence-electron chi connectivity index (χ2n) is 3.78. The van der Waals surface area contributed by atoms with Gasteiger partial charge in [-0.25, -0.2) is 0 Å². The van der Waals surface area contributed by atoms with Crippen LogP contribution in [0.15, 0.2) is 0 Å². The van der Waals surface area contributed by atoms with Crippen molar-refractivity contribution in [3.05, 3.63) is 0 Å². The van der Waals surface area contributed by atoms with Crippen LogP contribution >= 0.6 is 0 Å². The Morgan fingerprint density at radius 2 is 1.85 bits per heavy atom. The predicted molar refractivity (Wildman–Crippen MR) is 54.7 cm³/mol. The lowest BCUT2D eigenvalue weighted by Crippen LogP contribution is -2.45. The number of hydrogen-bond donors (Lipinski definition) is 3. The molecule has 0 heterocycles. The highest BCUT2D eigenvalue weighted by Gasteiger charge is 2.18. The van der Waals surface area contributed by atoms with E-state index in [2.05, 4.69) is 12.2 Å². The van der Waals surface area contributed by atoms with E-state index in [9.17, 15) is 0 Å². The maximum Gasteiger partial charge on any atom is 0.0610 e. The van der Waals surface area contributed by atoms with E-state index in [0.717, 1.165) is 32.2 Å². The summed E-state index contributed by atoms with van der Waals surface area (Å²) in [6.45, 7) is 5.48. The van der Waals surface area contributed by atoms with E-state index in [0.29, 0.717) is 0 Å². The van der Waals surface area contributed by atoms with Gasteiger partial charge in [0.1, 0.15) is 0 Å². The molecule has 0 aromatic carbocycles. The van der Waals surface area contributed by atoms with Crippen molar-refractivity contribution in [1.82, 2.24) is 5.32 Å². The fraction of sp³-hybridized carbons (Fsp3) is 1.00. The number of hydrogen-bond acceptors (Lipinski definition) is 3. The molecule has 0 spiro atoms. The monoisotopic (exact) mass is 189 g/mol. The first-order valence-electron chi connectivity index (χ1n) is 5.15. The Morgan fingerprint density at radius 3 is 2.31 bits per heavy atom. The number of rotatable bonds is 8. The molecule has 13 heavy (non-hydrogen) atoms. The van der Waals surface area contributed by atoms with Gasteiger partial charge in [0.2, 0.25) is 0 Å². The second-order valence-corrected chi connectivity index (χ2v) is 3.78. The molecule has 0 fully saturated rings. The minimum absolute atomic E-state index is 0.126. The van der Waals surface area contributed by atoms with Gasteiger partial charge in [0.15, 0.2) is 0 Å². The van der Waals surface area contributed by atoms with E-state index in [4.69, 9.17) is 10.2 Å². The predicted octanol–water partition coefficient (Wildman–Crippen LogP) is 0.900. The quantitative estimate of drug-likeness (QED) is 0.497. The lowest BCUT2D eigenvalue weighted by molar-refractivity contribution is 0.169. The summed E-state index contributed by atoms with van der Waals surface area (Å²) in [4.78, 5) is 0. The van der Waals surface area contributed by atoms with Crippen molar-refractivity contribution in [3.63, 3.8) is 0 Å². The Hall–Kier alpha value is -0.120. The molecule has 0 amide bonds. The second kappa shape index (κ2) is 7.30. The fourth-order valence-electron chi connectivity index (χ4n) is 1.10. The van der Waals surface area contributed by atoms with Crippen molar-refractivity contribution in [2.75, 3.05) is 19.8 Å². The number of unbranched alkanes of at least 4 members (excludes halogenated alkanes) is 2. The van der Waals surface area contributed by atoms with Gasteiger partial charge in [-0.05, 0) is 39.2 Å². The molecule has 0 rings (SSSR count). The minimum atomic E-state index is -0.126. The van der Waals surface area contributed by atoms with Crippen LogP contribution in [0.1, 0.15) is 39.5 Å². The van der Waals surface area contributed by atoms with Crippen LogP contribution < -0.4 is 5.32 Å². The van der Waals surface area contributed by atoms with E-state index in [1.807, 2.05) is 6.92 Å². The number of nitrogens with one attached hydrogen (secondary N) is 1. The first-order valence-corrected chi connectivity index (χ1v) is 5.15. The molecule has 0 aliphatic rings. The van der Waals surface area contributed by atoms with E-state index in [-0.39, 0.29) is 18.8 Å². The average Bonchev–Trinajstić information content (AvgIpc) is 2.17. The molecule has 3 N–H and O–H groups in total. The Morgan fingerprint density at radius 1 is 1.15 bits per heavy atom. The summed E-state index contributed by atoms with van der Waals surface area (Å²) < 4.78 is 0. The summed E-state index contributed by atoms with van der Waals surface area (Å²) in [7, 11) is 0. The molecule has 0 saturated heterocycles. The molecule has 0 aromatic rings. The molecule has 80 valence electrons. The van der Waals surface area contributed by atoms with Crippen molar-refractivity contribution in [3.8, 4) is 0 Å². The molecule has 1 atom stereocenters. The maximum absolute atomic E-state index is 9.09. The van der Waals surface area contributed by atoms with Crippen molar-refractivity contribution in [2.24, 2.45) is 0 Å². The van der Waals surface area contributed by atoms with Crippen molar-refractivity contribution in [1.29, 1.82) is 0 Å². The average molecular weight is 189 g/mol. The van der Waals surface area contributed by atoms with Crippen LogP contribution in [0.2, 0.25) is 0 Å². The van der Waals surface area contributed by atoms with Crippen molar-refractivity contribution in [2.45, 2.75) is 45.1 Å². The van der Waals surface area contributed by atoms with Crippen LogP contribution in [0.4, 0.5) is 0 Å². The Bertz CT molecular complexity index is 113. The van der Waals surface area contributed by atoms with Crippen LogP contribution in [0.3, 0.4) is 0 Å². The van der Waals surface area contributed by atoms with Crippen LogP contribution in [0, 0.1) is 0 Å². The normalized spacial score (nSPS) is 15.7. The Labute approximate surface area is 81.2 Å². The summed E-state index contributed by atoms with van der Waals surface area (Å²) in [6.07, 6.45) is 3.93. The smallest absolute Gasteiger partial charge is 0.0610 e. The molecule has 0 aromatic heterocycles. The van der Waals surface area contributed by atoms with Gasteiger partial charge in [-0.15, -0.1) is 0 Å². The lowest BCUT2D eigenvalue weighted by atomic mass is 10.00. The molecule has 0 aliphatic heterocycles. The van der Waals surface area contributed by atoms with Crippen LogP contribution in [0.5, 0.6) is 0 Å². The summed E-state index contributed by atoms with van der Waals surface area (Å²) in [5.74, 6) is 0. The third kappa shape index (κ3) is 6.02. The zero-order valence-electron chi connectivity index (χ0n) is 8.84. The highest BCUT2D eigenvalue weighted by atomic mass is 16.3. The topological polar surface area (TPSA) is 52.5 Å². The van der Waals surface area contributed by atoms with E-state index >= 15 is 0 Å². The summed E-state index contributed by atoms with van der Waals surface area (Å²) in [5.41, 5.74) is -0.126. The standard InChI is InChI=1S/C10H23NO2/c1-3-10(2,9-13)11-7-5-4-6-8-12/h11-13H,3-9H2,1-2H3. The number of aliphatic hydroxyl groups excluding tert-OH is 2. The van der Waals surface area contributed by atoms with Gasteiger partial charge in [-0.1, -0.05) is 6.92 Å². The number of aliphatic hydroxyl groups is 2. The van der Waals surface area contributed by atoms with Gasteiger partial charge in [0, 0.05) is 12.1 Å². The summed E-state index contributed by atoms with van der Waals surface area (Å²) in [6, 6.07) is 0. The summed E-state index contributed by atoms with van der Waals surface area (Å²) >= 11 is 0. The first-order chi connectivity index (χ1) is 6.18. The van der Waals surface area contributed by atoms with Gasteiger partial charge in [0.25, 0.3) is 0 Å². The van der Waals surface area contributed by atoms with Gasteiger partial charge in [-0.3, -0.25) is 0 Å². The third-order valence-corrected chi connectivity index (χ3v) is 2.52. The van der Waals surface area contributed by atoms with Crippen LogP contribution in [-0.4, -0.2) is 35.5 Å². The van der Waals surface area contributed by atoms with Crippen molar-refractivity contribution >= 4 is 0 Å². The highest BCUT2D eigenvalue weighted by Crippen LogP contribution is 2.07. The zero-order chi connectivity index (χ0) is 10.2. The molecular formula is C10H23NO2. The zero-order valence-corrected chi connectivity index (χ0v) is 8.84. The minimum Gasteiger partial charge on any atom is -0.396 e. The van der Waals surface area contributed by atoms with Gasteiger partial charge in [0.05, 0.1) is 6.61 Å². The van der Waals surface area contributed by atoms with Crippen LogP contribution in [-0.2, 0) is 0 Å². The molecule has 1 unspecified atom stereocenters. The highest BCUT2D eigenvalue weighted by molar-refractivity contribution is 4.79. The summed E-state index contributed by atoms with van der Waals surface area (Å²) in [5, 5.41) is 21.0. The first kappa shape index (κ1) is 12.9. The van der Waals surface area contributed by atoms with E-state index in [1.165, 1.54) is 0 Å². The molecule has 0 bridgehead atoms. The maximum atomic E-state index is 9.09. The molecule has 3 nitrogen and oxygen atoms in total. The molecule has 0 radical (unpaired) electrons. The lowest BCUT2D eigenvalue weighted by Gasteiger charge is -2.27. The molecular weight excluding hydrogens is 166 g/mol. The Balaban J connectivity index is 3.39. The Kier molecular flexibility index (Phi) is 7.23. The third-order valence-electron chi connectivity index (χ3n) is 2.52. The van der Waals surface area contributed by atoms with Crippen molar-refractivity contribution < 1.29 is 10.2 Å². The SMILES string of the molecule is CCC(C)(CO)NCCCCCO.